The van der Waals surface area contributed by atoms with Gasteiger partial charge in [0.25, 0.3) is 0 Å². The zero-order chi connectivity index (χ0) is 18.9. The van der Waals surface area contributed by atoms with Gasteiger partial charge in [0.05, 0.1) is 12.7 Å². The van der Waals surface area contributed by atoms with Crippen LogP contribution < -0.4 is 10.1 Å². The third-order valence-corrected chi connectivity index (χ3v) is 5.84. The van der Waals surface area contributed by atoms with Gasteiger partial charge in [-0.2, -0.15) is 0 Å². The van der Waals surface area contributed by atoms with Crippen molar-refractivity contribution in [2.24, 2.45) is 11.8 Å². The molecule has 2 N–H and O–H groups in total. The first-order chi connectivity index (χ1) is 13.0. The SMILES string of the molecule is COc1cccc(NC(=O)N2C[C@@H]3C[C@@](O)(Cc4ccccc4)C[C@@H]3C2)c1. The van der Waals surface area contributed by atoms with Gasteiger partial charge in [0.15, 0.2) is 0 Å². The van der Waals surface area contributed by atoms with E-state index in [0.717, 1.165) is 24.3 Å². The zero-order valence-electron chi connectivity index (χ0n) is 15.6. The lowest BCUT2D eigenvalue weighted by molar-refractivity contribution is 0.0368. The first-order valence-corrected chi connectivity index (χ1v) is 9.51. The van der Waals surface area contributed by atoms with Gasteiger partial charge in [-0.05, 0) is 42.4 Å². The van der Waals surface area contributed by atoms with E-state index in [1.54, 1.807) is 7.11 Å². The molecule has 3 atom stereocenters. The number of benzene rings is 2. The average molecular weight is 366 g/mol. The molecular weight excluding hydrogens is 340 g/mol. The van der Waals surface area contributed by atoms with Crippen LogP contribution in [-0.2, 0) is 6.42 Å². The van der Waals surface area contributed by atoms with Crippen LogP contribution in [0, 0.1) is 11.8 Å². The minimum atomic E-state index is -0.647. The van der Waals surface area contributed by atoms with Crippen molar-refractivity contribution in [2.45, 2.75) is 24.9 Å². The largest absolute Gasteiger partial charge is 0.497 e. The Bertz CT molecular complexity index is 794. The van der Waals surface area contributed by atoms with Gasteiger partial charge >= 0.3 is 6.03 Å². The fourth-order valence-corrected chi connectivity index (χ4v) is 4.65. The summed E-state index contributed by atoms with van der Waals surface area (Å²) in [6.07, 6.45) is 2.21. The molecule has 1 heterocycles. The molecule has 2 aliphatic rings. The minimum absolute atomic E-state index is 0.0794. The molecule has 2 amide bonds. The fraction of sp³-hybridized carbons (Fsp3) is 0.409. The number of urea groups is 1. The van der Waals surface area contributed by atoms with Crippen molar-refractivity contribution in [3.8, 4) is 5.75 Å². The first-order valence-electron chi connectivity index (χ1n) is 9.51. The van der Waals surface area contributed by atoms with Crippen LogP contribution in [0.3, 0.4) is 0 Å². The van der Waals surface area contributed by atoms with Crippen molar-refractivity contribution in [1.29, 1.82) is 0 Å². The molecule has 0 aromatic heterocycles. The second kappa shape index (κ2) is 7.24. The number of carbonyl (C=O) groups excluding carboxylic acids is 1. The number of amides is 2. The molecule has 27 heavy (non-hydrogen) atoms. The topological polar surface area (TPSA) is 61.8 Å². The predicted molar refractivity (Wildman–Crippen MR) is 105 cm³/mol. The number of methoxy groups -OCH3 is 1. The zero-order valence-corrected chi connectivity index (χ0v) is 15.6. The molecule has 5 nitrogen and oxygen atoms in total. The average Bonchev–Trinajstić information content (AvgIpc) is 3.17. The van der Waals surface area contributed by atoms with Crippen LogP contribution in [0.1, 0.15) is 18.4 Å². The summed E-state index contributed by atoms with van der Waals surface area (Å²) in [6, 6.07) is 17.5. The summed E-state index contributed by atoms with van der Waals surface area (Å²) < 4.78 is 5.20. The van der Waals surface area contributed by atoms with Crippen LogP contribution in [-0.4, -0.2) is 41.8 Å². The van der Waals surface area contributed by atoms with Crippen molar-refractivity contribution in [3.63, 3.8) is 0 Å². The summed E-state index contributed by atoms with van der Waals surface area (Å²) in [5.41, 5.74) is 1.26. The number of rotatable bonds is 4. The molecule has 5 heteroatoms. The van der Waals surface area contributed by atoms with E-state index in [-0.39, 0.29) is 6.03 Å². The standard InChI is InChI=1S/C22H26N2O3/c1-27-20-9-5-8-19(10-20)23-21(25)24-14-17-12-22(26,13-18(17)15-24)11-16-6-3-2-4-7-16/h2-10,17-18,26H,11-15H2,1H3,(H,23,25)/t17-,18+,22-. The summed E-state index contributed by atoms with van der Waals surface area (Å²) in [7, 11) is 1.61. The van der Waals surface area contributed by atoms with Crippen molar-refractivity contribution in [1.82, 2.24) is 4.90 Å². The highest BCUT2D eigenvalue weighted by molar-refractivity contribution is 5.89. The highest BCUT2D eigenvalue weighted by Crippen LogP contribution is 2.45. The van der Waals surface area contributed by atoms with Crippen LogP contribution in [0.4, 0.5) is 10.5 Å². The number of nitrogens with one attached hydrogen (secondary N) is 1. The molecule has 4 rings (SSSR count). The Morgan fingerprint density at radius 2 is 1.85 bits per heavy atom. The van der Waals surface area contributed by atoms with E-state index in [4.69, 9.17) is 4.74 Å². The molecule has 1 aliphatic carbocycles. The number of anilines is 1. The summed E-state index contributed by atoms with van der Waals surface area (Å²) in [4.78, 5) is 14.5. The second-order valence-corrected chi connectivity index (χ2v) is 7.88. The number of hydrogen-bond donors (Lipinski definition) is 2. The monoisotopic (exact) mass is 366 g/mol. The lowest BCUT2D eigenvalue weighted by Crippen LogP contribution is -2.36. The Morgan fingerprint density at radius 3 is 2.52 bits per heavy atom. The maximum atomic E-state index is 12.6. The number of nitrogens with zero attached hydrogens (tertiary/aromatic N) is 1. The van der Waals surface area contributed by atoms with Gasteiger partial charge in [-0.1, -0.05) is 36.4 Å². The third-order valence-electron chi connectivity index (χ3n) is 5.84. The Labute approximate surface area is 160 Å². The van der Waals surface area contributed by atoms with Gasteiger partial charge in [0, 0.05) is 31.3 Å². The molecule has 0 radical (unpaired) electrons. The Kier molecular flexibility index (Phi) is 4.79. The van der Waals surface area contributed by atoms with Crippen LogP contribution in [0.25, 0.3) is 0 Å². The van der Waals surface area contributed by atoms with E-state index in [1.165, 1.54) is 5.56 Å². The van der Waals surface area contributed by atoms with Gasteiger partial charge in [0.1, 0.15) is 5.75 Å². The van der Waals surface area contributed by atoms with Crippen LogP contribution in [0.5, 0.6) is 5.75 Å². The van der Waals surface area contributed by atoms with E-state index >= 15 is 0 Å². The van der Waals surface area contributed by atoms with Gasteiger partial charge in [-0.15, -0.1) is 0 Å². The molecule has 0 spiro atoms. The number of carbonyl (C=O) groups is 1. The Hall–Kier alpha value is -2.53. The van der Waals surface area contributed by atoms with Crippen molar-refractivity contribution >= 4 is 11.7 Å². The van der Waals surface area contributed by atoms with Gasteiger partial charge in [0.2, 0.25) is 0 Å². The van der Waals surface area contributed by atoms with E-state index in [1.807, 2.05) is 47.4 Å². The number of ether oxygens (including phenoxy) is 1. The van der Waals surface area contributed by atoms with E-state index in [0.29, 0.717) is 31.3 Å². The highest BCUT2D eigenvalue weighted by Gasteiger charge is 2.49. The van der Waals surface area contributed by atoms with Crippen LogP contribution >= 0.6 is 0 Å². The Morgan fingerprint density at radius 1 is 1.15 bits per heavy atom. The smallest absolute Gasteiger partial charge is 0.321 e. The molecule has 1 saturated carbocycles. The third kappa shape index (κ3) is 3.93. The molecule has 2 aromatic carbocycles. The van der Waals surface area contributed by atoms with Crippen molar-refractivity contribution in [3.05, 3.63) is 60.2 Å². The molecule has 1 aliphatic heterocycles. The summed E-state index contributed by atoms with van der Waals surface area (Å²) >= 11 is 0. The normalized spacial score (nSPS) is 26.7. The quantitative estimate of drug-likeness (QED) is 0.870. The van der Waals surface area contributed by atoms with Gasteiger partial charge in [-0.25, -0.2) is 4.79 Å². The number of aliphatic hydroxyl groups is 1. The van der Waals surface area contributed by atoms with Gasteiger partial charge in [-0.3, -0.25) is 0 Å². The number of hydrogen-bond acceptors (Lipinski definition) is 3. The van der Waals surface area contributed by atoms with Crippen molar-refractivity contribution in [2.75, 3.05) is 25.5 Å². The first kappa shape index (κ1) is 17.9. The van der Waals surface area contributed by atoms with Gasteiger partial charge < -0.3 is 20.1 Å². The molecule has 0 unspecified atom stereocenters. The minimum Gasteiger partial charge on any atom is -0.497 e. The summed E-state index contributed by atoms with van der Waals surface area (Å²) in [6.45, 7) is 1.41. The number of likely N-dealkylation sites (tertiary alicyclic amines) is 1. The molecule has 1 saturated heterocycles. The fourth-order valence-electron chi connectivity index (χ4n) is 4.65. The summed E-state index contributed by atoms with van der Waals surface area (Å²) in [5, 5.41) is 14.0. The second-order valence-electron chi connectivity index (χ2n) is 7.88. The molecular formula is C22H26N2O3. The van der Waals surface area contributed by atoms with E-state index in [2.05, 4.69) is 17.4 Å². The van der Waals surface area contributed by atoms with Crippen LogP contribution in [0.15, 0.2) is 54.6 Å². The van der Waals surface area contributed by atoms with E-state index < -0.39 is 5.60 Å². The Balaban J connectivity index is 1.34. The van der Waals surface area contributed by atoms with Crippen molar-refractivity contribution < 1.29 is 14.6 Å². The van der Waals surface area contributed by atoms with Crippen LogP contribution in [0.2, 0.25) is 0 Å². The lowest BCUT2D eigenvalue weighted by Gasteiger charge is -2.26. The molecule has 142 valence electrons. The molecule has 2 fully saturated rings. The highest BCUT2D eigenvalue weighted by atomic mass is 16.5. The number of fused-ring (bicyclic) bond motifs is 1. The lowest BCUT2D eigenvalue weighted by atomic mass is 9.91. The molecule has 0 bridgehead atoms. The predicted octanol–water partition coefficient (Wildman–Crippen LogP) is 3.54. The summed E-state index contributed by atoms with van der Waals surface area (Å²) in [5.74, 6) is 1.46. The molecule has 2 aromatic rings. The van der Waals surface area contributed by atoms with E-state index in [9.17, 15) is 9.90 Å². The maximum Gasteiger partial charge on any atom is 0.321 e. The maximum absolute atomic E-state index is 12.6.